The Morgan fingerprint density at radius 2 is 2.00 bits per heavy atom. The molecule has 118 valence electrons. The highest BCUT2D eigenvalue weighted by Gasteiger charge is 2.33. The summed E-state index contributed by atoms with van der Waals surface area (Å²) in [7, 11) is 0. The quantitative estimate of drug-likeness (QED) is 0.902. The predicted molar refractivity (Wildman–Crippen MR) is 94.9 cm³/mol. The Morgan fingerprint density at radius 1 is 1.27 bits per heavy atom. The second kappa shape index (κ2) is 6.54. The van der Waals surface area contributed by atoms with Crippen LogP contribution in [-0.4, -0.2) is 34.4 Å². The van der Waals surface area contributed by atoms with Gasteiger partial charge < -0.3 is 10.2 Å². The van der Waals surface area contributed by atoms with Crippen molar-refractivity contribution in [3.05, 3.63) is 23.3 Å². The molecule has 0 atom stereocenters. The zero-order valence-corrected chi connectivity index (χ0v) is 14.5. The Labute approximate surface area is 139 Å². The first kappa shape index (κ1) is 15.7. The minimum absolute atomic E-state index is 0.0229. The van der Waals surface area contributed by atoms with E-state index in [0.29, 0.717) is 0 Å². The SMILES string of the molecule is CC(=O)Nc1ccc(C)c2c1CCCN2C(=O)C1SCCS1. The van der Waals surface area contributed by atoms with Crippen LogP contribution in [0.15, 0.2) is 12.1 Å². The first-order valence-corrected chi connectivity index (χ1v) is 9.62. The molecule has 0 aromatic heterocycles. The van der Waals surface area contributed by atoms with Gasteiger partial charge in [0, 0.05) is 30.7 Å². The van der Waals surface area contributed by atoms with Crippen LogP contribution in [0.2, 0.25) is 0 Å². The van der Waals surface area contributed by atoms with Gasteiger partial charge in [0.05, 0.1) is 5.69 Å². The van der Waals surface area contributed by atoms with E-state index >= 15 is 0 Å². The summed E-state index contributed by atoms with van der Waals surface area (Å²) in [6.07, 6.45) is 1.85. The number of carbonyl (C=O) groups is 2. The van der Waals surface area contributed by atoms with Crippen LogP contribution in [0.3, 0.4) is 0 Å². The smallest absolute Gasteiger partial charge is 0.250 e. The fourth-order valence-electron chi connectivity index (χ4n) is 3.06. The largest absolute Gasteiger partial charge is 0.326 e. The van der Waals surface area contributed by atoms with Crippen molar-refractivity contribution in [3.8, 4) is 0 Å². The van der Waals surface area contributed by atoms with E-state index in [2.05, 4.69) is 5.32 Å². The lowest BCUT2D eigenvalue weighted by Gasteiger charge is -2.33. The van der Waals surface area contributed by atoms with Gasteiger partial charge >= 0.3 is 0 Å². The molecule has 2 amide bonds. The van der Waals surface area contributed by atoms with Crippen LogP contribution in [0.5, 0.6) is 0 Å². The van der Waals surface area contributed by atoms with Crippen LogP contribution in [0, 0.1) is 6.92 Å². The van der Waals surface area contributed by atoms with Crippen molar-refractivity contribution in [2.45, 2.75) is 31.3 Å². The first-order chi connectivity index (χ1) is 10.6. The maximum Gasteiger partial charge on any atom is 0.250 e. The van der Waals surface area contributed by atoms with Crippen molar-refractivity contribution in [3.63, 3.8) is 0 Å². The fraction of sp³-hybridized carbons (Fsp3) is 0.500. The molecule has 22 heavy (non-hydrogen) atoms. The minimum Gasteiger partial charge on any atom is -0.326 e. The van der Waals surface area contributed by atoms with E-state index in [4.69, 9.17) is 0 Å². The van der Waals surface area contributed by atoms with Gasteiger partial charge in [0.1, 0.15) is 4.58 Å². The van der Waals surface area contributed by atoms with Crippen molar-refractivity contribution in [1.29, 1.82) is 0 Å². The van der Waals surface area contributed by atoms with E-state index in [0.717, 1.165) is 53.4 Å². The number of carbonyl (C=O) groups excluding carboxylic acids is 2. The van der Waals surface area contributed by atoms with Crippen LogP contribution >= 0.6 is 23.5 Å². The number of nitrogens with one attached hydrogen (secondary N) is 1. The molecular weight excluding hydrogens is 316 g/mol. The molecular formula is C16H20N2O2S2. The lowest BCUT2D eigenvalue weighted by atomic mass is 9.96. The number of benzene rings is 1. The second-order valence-electron chi connectivity index (χ2n) is 5.61. The summed E-state index contributed by atoms with van der Waals surface area (Å²) in [6.45, 7) is 4.33. The molecule has 0 saturated carbocycles. The summed E-state index contributed by atoms with van der Waals surface area (Å²) in [5.74, 6) is 2.23. The third-order valence-corrected chi connectivity index (χ3v) is 6.93. The zero-order chi connectivity index (χ0) is 15.7. The van der Waals surface area contributed by atoms with E-state index in [1.165, 1.54) is 6.92 Å². The number of amides is 2. The lowest BCUT2D eigenvalue weighted by Crippen LogP contribution is -2.40. The predicted octanol–water partition coefficient (Wildman–Crippen LogP) is 3.04. The highest BCUT2D eigenvalue weighted by Crippen LogP contribution is 2.40. The molecule has 1 aromatic carbocycles. The summed E-state index contributed by atoms with van der Waals surface area (Å²) in [5, 5.41) is 2.90. The highest BCUT2D eigenvalue weighted by atomic mass is 32.2. The van der Waals surface area contributed by atoms with E-state index in [9.17, 15) is 9.59 Å². The van der Waals surface area contributed by atoms with E-state index in [-0.39, 0.29) is 16.4 Å². The van der Waals surface area contributed by atoms with Gasteiger partial charge in [-0.05, 0) is 37.0 Å². The molecule has 0 radical (unpaired) electrons. The summed E-state index contributed by atoms with van der Waals surface area (Å²) in [4.78, 5) is 26.2. The summed E-state index contributed by atoms with van der Waals surface area (Å²) >= 11 is 3.48. The standard InChI is InChI=1S/C16H20N2O2S2/c1-10-5-6-13(17-11(2)19)12-4-3-7-18(14(10)12)15(20)16-21-8-9-22-16/h5-6,16H,3-4,7-9H2,1-2H3,(H,17,19). The average Bonchev–Trinajstić information content (AvgIpc) is 3.03. The van der Waals surface area contributed by atoms with Gasteiger partial charge in [-0.25, -0.2) is 0 Å². The molecule has 0 spiro atoms. The number of aryl methyl sites for hydroxylation is 1. The minimum atomic E-state index is -0.0728. The molecule has 4 nitrogen and oxygen atoms in total. The molecule has 2 heterocycles. The Kier molecular flexibility index (Phi) is 4.68. The maximum absolute atomic E-state index is 12.8. The van der Waals surface area contributed by atoms with E-state index in [1.54, 1.807) is 23.5 Å². The van der Waals surface area contributed by atoms with Crippen LogP contribution < -0.4 is 10.2 Å². The van der Waals surface area contributed by atoms with Gasteiger partial charge in [-0.2, -0.15) is 0 Å². The molecule has 0 aliphatic carbocycles. The number of fused-ring (bicyclic) bond motifs is 1. The van der Waals surface area contributed by atoms with E-state index in [1.807, 2.05) is 24.0 Å². The molecule has 2 aliphatic heterocycles. The lowest BCUT2D eigenvalue weighted by molar-refractivity contribution is -0.117. The summed E-state index contributed by atoms with van der Waals surface area (Å²) in [5.41, 5.74) is 4.06. The first-order valence-electron chi connectivity index (χ1n) is 7.52. The Hall–Kier alpha value is -1.14. The van der Waals surface area contributed by atoms with Gasteiger partial charge in [-0.1, -0.05) is 6.07 Å². The van der Waals surface area contributed by atoms with Crippen molar-refractivity contribution in [2.75, 3.05) is 28.3 Å². The Bertz CT molecular complexity index is 612. The Morgan fingerprint density at radius 3 is 2.68 bits per heavy atom. The molecule has 1 saturated heterocycles. The number of rotatable bonds is 2. The molecule has 0 bridgehead atoms. The van der Waals surface area contributed by atoms with Crippen molar-refractivity contribution in [2.24, 2.45) is 0 Å². The molecule has 0 unspecified atom stereocenters. The molecule has 2 aliphatic rings. The fourth-order valence-corrected chi connectivity index (χ4v) is 5.76. The van der Waals surface area contributed by atoms with Gasteiger partial charge in [-0.3, -0.25) is 9.59 Å². The van der Waals surface area contributed by atoms with Crippen molar-refractivity contribution < 1.29 is 9.59 Å². The number of hydrogen-bond acceptors (Lipinski definition) is 4. The molecule has 1 N–H and O–H groups in total. The summed E-state index contributed by atoms with van der Waals surface area (Å²) in [6, 6.07) is 3.94. The van der Waals surface area contributed by atoms with Crippen LogP contribution in [-0.2, 0) is 16.0 Å². The van der Waals surface area contributed by atoms with Gasteiger partial charge in [0.25, 0.3) is 0 Å². The topological polar surface area (TPSA) is 49.4 Å². The van der Waals surface area contributed by atoms with Gasteiger partial charge in [0.15, 0.2) is 0 Å². The number of anilines is 2. The molecule has 6 heteroatoms. The molecule has 1 aromatic rings. The monoisotopic (exact) mass is 336 g/mol. The van der Waals surface area contributed by atoms with Gasteiger partial charge in [0.2, 0.25) is 11.8 Å². The van der Waals surface area contributed by atoms with Crippen LogP contribution in [0.4, 0.5) is 11.4 Å². The average molecular weight is 336 g/mol. The van der Waals surface area contributed by atoms with Crippen molar-refractivity contribution >= 4 is 46.7 Å². The molecule has 3 rings (SSSR count). The maximum atomic E-state index is 12.8. The normalized spacial score (nSPS) is 18.2. The van der Waals surface area contributed by atoms with Crippen LogP contribution in [0.1, 0.15) is 24.5 Å². The second-order valence-corrected chi connectivity index (χ2v) is 8.33. The Balaban J connectivity index is 1.97. The number of thioether (sulfide) groups is 2. The van der Waals surface area contributed by atoms with E-state index < -0.39 is 0 Å². The van der Waals surface area contributed by atoms with Crippen LogP contribution in [0.25, 0.3) is 0 Å². The van der Waals surface area contributed by atoms with Gasteiger partial charge in [-0.15, -0.1) is 23.5 Å². The highest BCUT2D eigenvalue weighted by molar-refractivity contribution is 8.21. The third kappa shape index (κ3) is 2.99. The number of hydrogen-bond donors (Lipinski definition) is 1. The zero-order valence-electron chi connectivity index (χ0n) is 12.8. The third-order valence-electron chi connectivity index (χ3n) is 3.96. The number of nitrogens with zero attached hydrogens (tertiary/aromatic N) is 1. The molecule has 1 fully saturated rings. The summed E-state index contributed by atoms with van der Waals surface area (Å²) < 4.78 is 0.0229. The van der Waals surface area contributed by atoms with Crippen molar-refractivity contribution in [1.82, 2.24) is 0 Å².